The Morgan fingerprint density at radius 1 is 1.06 bits per heavy atom. The minimum Gasteiger partial charge on any atom is -0.508 e. The quantitative estimate of drug-likeness (QED) is 0.890. The summed E-state index contributed by atoms with van der Waals surface area (Å²) in [7, 11) is 1.64. The summed E-state index contributed by atoms with van der Waals surface area (Å²) in [6.45, 7) is 0.563. The Hall–Kier alpha value is -1.87. The van der Waals surface area contributed by atoms with Crippen LogP contribution in [0.1, 0.15) is 5.56 Å². The van der Waals surface area contributed by atoms with Gasteiger partial charge in [-0.3, -0.25) is 0 Å². The van der Waals surface area contributed by atoms with Gasteiger partial charge in [-0.15, -0.1) is 12.4 Å². The minimum atomic E-state index is 0. The summed E-state index contributed by atoms with van der Waals surface area (Å²) in [6.07, 6.45) is 0. The molecule has 0 heterocycles. The van der Waals surface area contributed by atoms with E-state index in [-0.39, 0.29) is 12.4 Å². The van der Waals surface area contributed by atoms with E-state index in [1.165, 1.54) is 0 Å². The molecule has 0 saturated heterocycles. The molecule has 0 aliphatic carbocycles. The number of aromatic hydroxyl groups is 1. The van der Waals surface area contributed by atoms with Crippen LogP contribution in [-0.2, 0) is 6.54 Å². The van der Waals surface area contributed by atoms with Gasteiger partial charge in [0.25, 0.3) is 0 Å². The van der Waals surface area contributed by atoms with Crippen LogP contribution in [0.25, 0.3) is 0 Å². The number of hydrogen-bond donors (Lipinski definition) is 2. The topological polar surface area (TPSA) is 41.5 Å². The highest BCUT2D eigenvalue weighted by Gasteiger charge is 2.02. The average molecular weight is 266 g/mol. The molecule has 0 fully saturated rings. The van der Waals surface area contributed by atoms with Gasteiger partial charge in [-0.1, -0.05) is 30.3 Å². The van der Waals surface area contributed by atoms with E-state index in [2.05, 4.69) is 5.32 Å². The van der Waals surface area contributed by atoms with Gasteiger partial charge >= 0.3 is 0 Å². The van der Waals surface area contributed by atoms with Crippen molar-refractivity contribution in [1.82, 2.24) is 0 Å². The number of rotatable bonds is 4. The molecule has 0 bridgehead atoms. The highest BCUT2D eigenvalue weighted by molar-refractivity contribution is 5.85. The molecule has 0 radical (unpaired) electrons. The number of nitrogens with one attached hydrogen (secondary N) is 1. The molecule has 0 amide bonds. The molecule has 0 aromatic heterocycles. The first-order valence-corrected chi connectivity index (χ1v) is 5.45. The second kappa shape index (κ2) is 6.77. The molecule has 0 saturated carbocycles. The number of ether oxygens (including phenoxy) is 1. The third-order valence-corrected chi connectivity index (χ3v) is 2.57. The van der Waals surface area contributed by atoms with Crippen LogP contribution in [0, 0.1) is 0 Å². The molecule has 2 aromatic carbocycles. The van der Waals surface area contributed by atoms with E-state index in [0.717, 1.165) is 17.0 Å². The van der Waals surface area contributed by atoms with Gasteiger partial charge in [0.05, 0.1) is 12.8 Å². The fourth-order valence-corrected chi connectivity index (χ4v) is 1.64. The molecule has 2 aromatic rings. The predicted octanol–water partition coefficient (Wildman–Crippen LogP) is 3.43. The molecular formula is C14H16ClNO2. The van der Waals surface area contributed by atoms with Crippen LogP contribution in [0.4, 0.5) is 5.69 Å². The Balaban J connectivity index is 0.00000162. The molecule has 96 valence electrons. The highest BCUT2D eigenvalue weighted by Crippen LogP contribution is 2.25. The van der Waals surface area contributed by atoms with Crippen LogP contribution < -0.4 is 10.1 Å². The molecule has 2 rings (SSSR count). The van der Waals surface area contributed by atoms with E-state index < -0.39 is 0 Å². The lowest BCUT2D eigenvalue weighted by atomic mass is 10.2. The number of hydrogen-bond acceptors (Lipinski definition) is 3. The number of phenolic OH excluding ortho intramolecular Hbond substituents is 1. The maximum Gasteiger partial charge on any atom is 0.141 e. The lowest BCUT2D eigenvalue weighted by Gasteiger charge is -2.11. The molecule has 4 heteroatoms. The maximum atomic E-state index is 9.64. The van der Waals surface area contributed by atoms with Gasteiger partial charge in [0, 0.05) is 12.1 Å². The summed E-state index contributed by atoms with van der Waals surface area (Å²) >= 11 is 0. The highest BCUT2D eigenvalue weighted by atomic mass is 35.5. The van der Waals surface area contributed by atoms with Gasteiger partial charge < -0.3 is 15.2 Å². The Labute approximate surface area is 113 Å². The van der Waals surface area contributed by atoms with E-state index in [9.17, 15) is 5.11 Å². The molecule has 0 atom stereocenters. The van der Waals surface area contributed by atoms with Gasteiger partial charge in [-0.25, -0.2) is 0 Å². The first kappa shape index (κ1) is 14.2. The summed E-state index contributed by atoms with van der Waals surface area (Å²) in [5, 5.41) is 12.9. The number of halogens is 1. The number of benzene rings is 2. The SMILES string of the molecule is COc1ccccc1NCc1ccccc1O.Cl. The Morgan fingerprint density at radius 3 is 2.44 bits per heavy atom. The van der Waals surface area contributed by atoms with Crippen molar-refractivity contribution < 1.29 is 9.84 Å². The maximum absolute atomic E-state index is 9.64. The molecule has 2 N–H and O–H groups in total. The zero-order valence-electron chi connectivity index (χ0n) is 10.1. The monoisotopic (exact) mass is 265 g/mol. The van der Waals surface area contributed by atoms with Crippen molar-refractivity contribution in [3.05, 3.63) is 54.1 Å². The van der Waals surface area contributed by atoms with Crippen LogP contribution in [0.2, 0.25) is 0 Å². The Bertz CT molecular complexity index is 503. The van der Waals surface area contributed by atoms with Gasteiger partial charge in [-0.2, -0.15) is 0 Å². The minimum absolute atomic E-state index is 0. The fourth-order valence-electron chi connectivity index (χ4n) is 1.64. The summed E-state index contributed by atoms with van der Waals surface area (Å²) in [5.74, 6) is 1.10. The van der Waals surface area contributed by atoms with E-state index >= 15 is 0 Å². The van der Waals surface area contributed by atoms with Crippen LogP contribution in [0.15, 0.2) is 48.5 Å². The van der Waals surface area contributed by atoms with Gasteiger partial charge in [0.1, 0.15) is 11.5 Å². The molecule has 0 aliphatic rings. The van der Waals surface area contributed by atoms with Gasteiger partial charge in [0.15, 0.2) is 0 Å². The summed E-state index contributed by atoms with van der Waals surface area (Å²) < 4.78 is 5.24. The lowest BCUT2D eigenvalue weighted by Crippen LogP contribution is -2.01. The molecule has 0 aliphatic heterocycles. The summed E-state index contributed by atoms with van der Waals surface area (Å²) in [4.78, 5) is 0. The predicted molar refractivity (Wildman–Crippen MR) is 75.7 cm³/mol. The van der Waals surface area contributed by atoms with Gasteiger partial charge in [0.2, 0.25) is 0 Å². The number of methoxy groups -OCH3 is 1. The summed E-state index contributed by atoms with van der Waals surface area (Å²) in [6, 6.07) is 15.0. The zero-order chi connectivity index (χ0) is 12.1. The van der Waals surface area contributed by atoms with Crippen molar-refractivity contribution in [3.8, 4) is 11.5 Å². The molecule has 0 spiro atoms. The summed E-state index contributed by atoms with van der Waals surface area (Å²) in [5.41, 5.74) is 1.77. The van der Waals surface area contributed by atoms with Crippen LogP contribution in [-0.4, -0.2) is 12.2 Å². The van der Waals surface area contributed by atoms with Crippen molar-refractivity contribution in [2.24, 2.45) is 0 Å². The zero-order valence-corrected chi connectivity index (χ0v) is 10.9. The Kier molecular flexibility index (Phi) is 5.33. The average Bonchev–Trinajstić information content (AvgIpc) is 2.38. The Morgan fingerprint density at radius 2 is 1.72 bits per heavy atom. The standard InChI is InChI=1S/C14H15NO2.ClH/c1-17-14-9-5-3-7-12(14)15-10-11-6-2-4-8-13(11)16;/h2-9,15-16H,10H2,1H3;1H. The lowest BCUT2D eigenvalue weighted by molar-refractivity contribution is 0.416. The van der Waals surface area contributed by atoms with Crippen LogP contribution >= 0.6 is 12.4 Å². The smallest absolute Gasteiger partial charge is 0.141 e. The van der Waals surface area contributed by atoms with Crippen molar-refractivity contribution in [1.29, 1.82) is 0 Å². The molecular weight excluding hydrogens is 250 g/mol. The van der Waals surface area contributed by atoms with E-state index in [0.29, 0.717) is 12.3 Å². The number of para-hydroxylation sites is 3. The number of anilines is 1. The molecule has 0 unspecified atom stereocenters. The van der Waals surface area contributed by atoms with Crippen molar-refractivity contribution >= 4 is 18.1 Å². The first-order valence-electron chi connectivity index (χ1n) is 5.45. The normalized spacial score (nSPS) is 9.39. The van der Waals surface area contributed by atoms with E-state index in [4.69, 9.17) is 4.74 Å². The van der Waals surface area contributed by atoms with Crippen molar-refractivity contribution in [2.75, 3.05) is 12.4 Å². The third-order valence-electron chi connectivity index (χ3n) is 2.57. The number of phenols is 1. The van der Waals surface area contributed by atoms with Crippen molar-refractivity contribution in [2.45, 2.75) is 6.54 Å². The third kappa shape index (κ3) is 3.31. The van der Waals surface area contributed by atoms with Crippen LogP contribution in [0.5, 0.6) is 11.5 Å². The van der Waals surface area contributed by atoms with Crippen molar-refractivity contribution in [3.63, 3.8) is 0 Å². The second-order valence-corrected chi connectivity index (χ2v) is 3.68. The molecule has 3 nitrogen and oxygen atoms in total. The van der Waals surface area contributed by atoms with Gasteiger partial charge in [-0.05, 0) is 18.2 Å². The first-order chi connectivity index (χ1) is 8.31. The second-order valence-electron chi connectivity index (χ2n) is 3.68. The van der Waals surface area contributed by atoms with Crippen LogP contribution in [0.3, 0.4) is 0 Å². The largest absolute Gasteiger partial charge is 0.508 e. The molecule has 18 heavy (non-hydrogen) atoms. The van der Waals surface area contributed by atoms with E-state index in [1.807, 2.05) is 42.5 Å². The van der Waals surface area contributed by atoms with E-state index in [1.54, 1.807) is 13.2 Å². The fraction of sp³-hybridized carbons (Fsp3) is 0.143.